The van der Waals surface area contributed by atoms with E-state index in [1.54, 1.807) is 13.8 Å². The number of carbonyl (C=O) groups is 2. The zero-order valence-electron chi connectivity index (χ0n) is 12.8. The maximum Gasteiger partial charge on any atom is 0.407 e. The number of allylic oxidation sites excluding steroid dienone is 1. The molecule has 1 rings (SSSR count). The summed E-state index contributed by atoms with van der Waals surface area (Å²) in [7, 11) is 0. The summed E-state index contributed by atoms with van der Waals surface area (Å²) < 4.78 is 9.88. The summed E-state index contributed by atoms with van der Waals surface area (Å²) in [6, 6.07) is 0. The lowest BCUT2D eigenvalue weighted by Gasteiger charge is -2.18. The fourth-order valence-electron chi connectivity index (χ4n) is 2.04. The minimum atomic E-state index is -0.995. The van der Waals surface area contributed by atoms with Gasteiger partial charge in [0.05, 0.1) is 18.6 Å². The third-order valence-corrected chi connectivity index (χ3v) is 3.46. The predicted molar refractivity (Wildman–Crippen MR) is 77.7 cm³/mol. The zero-order chi connectivity index (χ0) is 15.7. The van der Waals surface area contributed by atoms with E-state index in [1.807, 2.05) is 0 Å². The Bertz CT molecular complexity index is 380. The van der Waals surface area contributed by atoms with Gasteiger partial charge in [-0.2, -0.15) is 0 Å². The molecule has 0 fully saturated rings. The highest BCUT2D eigenvalue weighted by molar-refractivity contribution is 5.73. The van der Waals surface area contributed by atoms with Gasteiger partial charge in [0.15, 0.2) is 0 Å². The molecule has 0 aromatic rings. The molecule has 6 heteroatoms. The standard InChI is InChI=1S/C15H25NO5/c1-3-20-14(18)11(2)13(17)9-16-15(19)21-10-12-7-5-4-6-8-12/h7,11,13,17H,3-6,8-10H2,1-2H3,(H,16,19). The quantitative estimate of drug-likeness (QED) is 0.553. The molecule has 21 heavy (non-hydrogen) atoms. The number of nitrogens with one attached hydrogen (secondary N) is 1. The Morgan fingerprint density at radius 2 is 2.14 bits per heavy atom. The van der Waals surface area contributed by atoms with E-state index in [4.69, 9.17) is 9.47 Å². The van der Waals surface area contributed by atoms with Crippen molar-refractivity contribution in [3.05, 3.63) is 11.6 Å². The maximum absolute atomic E-state index is 11.5. The molecule has 6 nitrogen and oxygen atoms in total. The molecule has 0 saturated heterocycles. The van der Waals surface area contributed by atoms with Gasteiger partial charge in [-0.25, -0.2) is 4.79 Å². The highest BCUT2D eigenvalue weighted by Gasteiger charge is 2.23. The average Bonchev–Trinajstić information content (AvgIpc) is 2.51. The van der Waals surface area contributed by atoms with Crippen LogP contribution in [0.1, 0.15) is 39.5 Å². The largest absolute Gasteiger partial charge is 0.466 e. The number of hydrogen-bond acceptors (Lipinski definition) is 5. The lowest BCUT2D eigenvalue weighted by atomic mass is 10.0. The van der Waals surface area contributed by atoms with Crippen molar-refractivity contribution < 1.29 is 24.2 Å². The second kappa shape index (κ2) is 9.39. The van der Waals surface area contributed by atoms with Crippen LogP contribution in [-0.4, -0.2) is 43.0 Å². The summed E-state index contributed by atoms with van der Waals surface area (Å²) >= 11 is 0. The number of hydrogen-bond donors (Lipinski definition) is 2. The minimum Gasteiger partial charge on any atom is -0.466 e. The number of carbonyl (C=O) groups excluding carboxylic acids is 2. The number of rotatable bonds is 7. The second-order valence-corrected chi connectivity index (χ2v) is 5.17. The highest BCUT2D eigenvalue weighted by Crippen LogP contribution is 2.17. The third-order valence-electron chi connectivity index (χ3n) is 3.46. The van der Waals surface area contributed by atoms with Gasteiger partial charge in [-0.15, -0.1) is 0 Å². The minimum absolute atomic E-state index is 0.0438. The Morgan fingerprint density at radius 1 is 1.38 bits per heavy atom. The number of amides is 1. The van der Waals surface area contributed by atoms with Crippen LogP contribution in [0.15, 0.2) is 11.6 Å². The van der Waals surface area contributed by atoms with Crippen LogP contribution in [0.25, 0.3) is 0 Å². The van der Waals surface area contributed by atoms with Crippen molar-refractivity contribution >= 4 is 12.1 Å². The van der Waals surface area contributed by atoms with Gasteiger partial charge in [-0.1, -0.05) is 6.08 Å². The lowest BCUT2D eigenvalue weighted by Crippen LogP contribution is -2.39. The lowest BCUT2D eigenvalue weighted by molar-refractivity contribution is -0.151. The first-order chi connectivity index (χ1) is 10.0. The van der Waals surface area contributed by atoms with E-state index >= 15 is 0 Å². The van der Waals surface area contributed by atoms with E-state index in [1.165, 1.54) is 6.42 Å². The fourth-order valence-corrected chi connectivity index (χ4v) is 2.04. The van der Waals surface area contributed by atoms with E-state index in [-0.39, 0.29) is 19.8 Å². The number of aliphatic hydroxyl groups excluding tert-OH is 1. The van der Waals surface area contributed by atoms with E-state index < -0.39 is 24.1 Å². The molecule has 1 amide bonds. The molecule has 1 aliphatic carbocycles. The molecule has 0 aromatic carbocycles. The van der Waals surface area contributed by atoms with Crippen molar-refractivity contribution in [1.29, 1.82) is 0 Å². The summed E-state index contributed by atoms with van der Waals surface area (Å²) in [5, 5.41) is 12.3. The molecule has 0 saturated carbocycles. The van der Waals surface area contributed by atoms with Crippen LogP contribution in [-0.2, 0) is 14.3 Å². The molecule has 0 radical (unpaired) electrons. The number of ether oxygens (including phenoxy) is 2. The van der Waals surface area contributed by atoms with Gasteiger partial charge in [-0.05, 0) is 45.1 Å². The van der Waals surface area contributed by atoms with Crippen molar-refractivity contribution in [3.63, 3.8) is 0 Å². The summed E-state index contributed by atoms with van der Waals surface area (Å²) in [4.78, 5) is 22.9. The Morgan fingerprint density at radius 3 is 2.76 bits per heavy atom. The van der Waals surface area contributed by atoms with Gasteiger partial charge >= 0.3 is 12.1 Å². The first kappa shape index (κ1) is 17.5. The molecule has 0 bridgehead atoms. The highest BCUT2D eigenvalue weighted by atomic mass is 16.5. The Balaban J connectivity index is 2.22. The molecule has 2 N–H and O–H groups in total. The van der Waals surface area contributed by atoms with Gasteiger partial charge in [0.25, 0.3) is 0 Å². The van der Waals surface area contributed by atoms with Crippen LogP contribution in [0.2, 0.25) is 0 Å². The summed E-state index contributed by atoms with van der Waals surface area (Å²) in [6.07, 6.45) is 4.85. The Hall–Kier alpha value is -1.56. The Kier molecular flexibility index (Phi) is 7.82. The molecule has 1 aliphatic rings. The SMILES string of the molecule is CCOC(=O)C(C)C(O)CNC(=O)OCC1=CCCCC1. The van der Waals surface area contributed by atoms with E-state index in [2.05, 4.69) is 11.4 Å². The van der Waals surface area contributed by atoms with Crippen LogP contribution in [0.4, 0.5) is 4.79 Å². The second-order valence-electron chi connectivity index (χ2n) is 5.17. The number of aliphatic hydroxyl groups is 1. The van der Waals surface area contributed by atoms with Gasteiger partial charge in [-0.3, -0.25) is 4.79 Å². The van der Waals surface area contributed by atoms with Crippen LogP contribution in [0, 0.1) is 5.92 Å². The molecular weight excluding hydrogens is 274 g/mol. The topological polar surface area (TPSA) is 84.9 Å². The maximum atomic E-state index is 11.5. The molecular formula is C15H25NO5. The van der Waals surface area contributed by atoms with Crippen molar-refractivity contribution in [2.45, 2.75) is 45.6 Å². The van der Waals surface area contributed by atoms with Crippen LogP contribution >= 0.6 is 0 Å². The fraction of sp³-hybridized carbons (Fsp3) is 0.733. The third kappa shape index (κ3) is 6.62. The number of esters is 1. The van der Waals surface area contributed by atoms with E-state index in [0.29, 0.717) is 0 Å². The number of alkyl carbamates (subject to hydrolysis) is 1. The molecule has 2 unspecified atom stereocenters. The van der Waals surface area contributed by atoms with E-state index in [0.717, 1.165) is 24.8 Å². The summed E-state index contributed by atoms with van der Waals surface area (Å²) in [5.74, 6) is -1.17. The van der Waals surface area contributed by atoms with Gasteiger partial charge in [0.2, 0.25) is 0 Å². The average molecular weight is 299 g/mol. The van der Waals surface area contributed by atoms with Crippen LogP contribution in [0.5, 0.6) is 0 Å². The van der Waals surface area contributed by atoms with Gasteiger partial charge < -0.3 is 19.9 Å². The van der Waals surface area contributed by atoms with Gasteiger partial charge in [0, 0.05) is 6.54 Å². The molecule has 0 spiro atoms. The van der Waals surface area contributed by atoms with Crippen molar-refractivity contribution in [1.82, 2.24) is 5.32 Å². The summed E-state index contributed by atoms with van der Waals surface area (Å²) in [5.41, 5.74) is 1.14. The molecule has 0 aromatic heterocycles. The Labute approximate surface area is 125 Å². The molecule has 2 atom stereocenters. The normalized spacial score (nSPS) is 17.4. The first-order valence-corrected chi connectivity index (χ1v) is 7.47. The molecule has 0 heterocycles. The van der Waals surface area contributed by atoms with Crippen molar-refractivity contribution in [3.8, 4) is 0 Å². The summed E-state index contributed by atoms with van der Waals surface area (Å²) in [6.45, 7) is 3.77. The van der Waals surface area contributed by atoms with Crippen LogP contribution < -0.4 is 5.32 Å². The molecule has 0 aliphatic heterocycles. The van der Waals surface area contributed by atoms with Crippen molar-refractivity contribution in [2.24, 2.45) is 5.92 Å². The molecule has 120 valence electrons. The van der Waals surface area contributed by atoms with Gasteiger partial charge in [0.1, 0.15) is 6.61 Å². The monoisotopic (exact) mass is 299 g/mol. The first-order valence-electron chi connectivity index (χ1n) is 7.47. The van der Waals surface area contributed by atoms with E-state index in [9.17, 15) is 14.7 Å². The predicted octanol–water partition coefficient (Wildman–Crippen LogP) is 1.77. The zero-order valence-corrected chi connectivity index (χ0v) is 12.8. The smallest absolute Gasteiger partial charge is 0.407 e. The van der Waals surface area contributed by atoms with Crippen LogP contribution in [0.3, 0.4) is 0 Å². The van der Waals surface area contributed by atoms with Crippen molar-refractivity contribution in [2.75, 3.05) is 19.8 Å².